The number of rotatable bonds is 6. The van der Waals surface area contributed by atoms with Crippen LogP contribution in [0.2, 0.25) is 0 Å². The van der Waals surface area contributed by atoms with E-state index in [0.29, 0.717) is 5.75 Å². The molecule has 0 bridgehead atoms. The second kappa shape index (κ2) is 7.57. The first-order chi connectivity index (χ1) is 12.0. The Morgan fingerprint density at radius 3 is 2.60 bits per heavy atom. The van der Waals surface area contributed by atoms with Gasteiger partial charge in [-0.15, -0.1) is 0 Å². The number of aryl methyl sites for hydroxylation is 2. The molecule has 5 heteroatoms. The summed E-state index contributed by atoms with van der Waals surface area (Å²) < 4.78 is 8.96. The van der Waals surface area contributed by atoms with E-state index in [1.54, 1.807) is 0 Å². The van der Waals surface area contributed by atoms with Gasteiger partial charge in [0.2, 0.25) is 0 Å². The van der Waals surface area contributed by atoms with Crippen LogP contribution in [0.4, 0.5) is 5.69 Å². The van der Waals surface area contributed by atoms with E-state index in [9.17, 15) is 4.79 Å². The van der Waals surface area contributed by atoms with Crippen LogP contribution in [0.1, 0.15) is 18.2 Å². The SMILES string of the molecule is CC(=O)COc1cc(NSc2ccc(C)cc2)c2nc(C)ccc2c1. The summed E-state index contributed by atoms with van der Waals surface area (Å²) >= 11 is 1.52. The molecule has 1 aromatic heterocycles. The average molecular weight is 352 g/mol. The number of pyridine rings is 1. The summed E-state index contributed by atoms with van der Waals surface area (Å²) in [7, 11) is 0. The predicted molar refractivity (Wildman–Crippen MR) is 103 cm³/mol. The summed E-state index contributed by atoms with van der Waals surface area (Å²) in [6, 6.07) is 16.1. The Balaban J connectivity index is 1.91. The Morgan fingerprint density at radius 1 is 1.12 bits per heavy atom. The summed E-state index contributed by atoms with van der Waals surface area (Å²) in [6.45, 7) is 5.61. The van der Waals surface area contributed by atoms with E-state index in [0.717, 1.165) is 27.2 Å². The van der Waals surface area contributed by atoms with E-state index in [1.165, 1.54) is 24.4 Å². The first-order valence-electron chi connectivity index (χ1n) is 8.04. The van der Waals surface area contributed by atoms with Crippen LogP contribution in [0, 0.1) is 13.8 Å². The molecule has 0 aliphatic carbocycles. The fourth-order valence-corrected chi connectivity index (χ4v) is 3.03. The molecule has 0 unspecified atom stereocenters. The van der Waals surface area contributed by atoms with Gasteiger partial charge in [-0.3, -0.25) is 9.78 Å². The van der Waals surface area contributed by atoms with Gasteiger partial charge >= 0.3 is 0 Å². The highest BCUT2D eigenvalue weighted by Crippen LogP contribution is 2.32. The third-order valence-corrected chi connectivity index (χ3v) is 4.48. The number of ketones is 1. The van der Waals surface area contributed by atoms with E-state index >= 15 is 0 Å². The second-order valence-corrected chi connectivity index (χ2v) is 6.88. The van der Waals surface area contributed by atoms with Crippen LogP contribution in [-0.4, -0.2) is 17.4 Å². The van der Waals surface area contributed by atoms with Crippen LogP contribution in [0.25, 0.3) is 10.9 Å². The van der Waals surface area contributed by atoms with Crippen LogP contribution in [0.3, 0.4) is 0 Å². The number of anilines is 1. The van der Waals surface area contributed by atoms with Gasteiger partial charge in [-0.05, 0) is 57.0 Å². The highest BCUT2D eigenvalue weighted by atomic mass is 32.2. The minimum Gasteiger partial charge on any atom is -0.486 e. The summed E-state index contributed by atoms with van der Waals surface area (Å²) in [5, 5.41) is 0.971. The molecule has 3 rings (SSSR count). The molecule has 25 heavy (non-hydrogen) atoms. The molecule has 0 atom stereocenters. The molecule has 0 spiro atoms. The zero-order valence-electron chi connectivity index (χ0n) is 14.5. The van der Waals surface area contributed by atoms with Gasteiger partial charge in [-0.2, -0.15) is 0 Å². The zero-order valence-corrected chi connectivity index (χ0v) is 15.3. The molecule has 1 N–H and O–H groups in total. The number of ether oxygens (including phenoxy) is 1. The van der Waals surface area contributed by atoms with E-state index in [2.05, 4.69) is 40.9 Å². The average Bonchev–Trinajstić information content (AvgIpc) is 2.59. The monoisotopic (exact) mass is 352 g/mol. The van der Waals surface area contributed by atoms with E-state index in [1.807, 2.05) is 31.2 Å². The van der Waals surface area contributed by atoms with Crippen molar-refractivity contribution in [3.8, 4) is 5.75 Å². The molecule has 4 nitrogen and oxygen atoms in total. The number of benzene rings is 2. The fourth-order valence-electron chi connectivity index (χ4n) is 2.37. The van der Waals surface area contributed by atoms with Crippen LogP contribution >= 0.6 is 11.9 Å². The Hall–Kier alpha value is -2.53. The predicted octanol–water partition coefficient (Wildman–Crippen LogP) is 4.94. The highest BCUT2D eigenvalue weighted by molar-refractivity contribution is 8.00. The van der Waals surface area contributed by atoms with Crippen molar-refractivity contribution >= 4 is 34.3 Å². The molecule has 0 aliphatic heterocycles. The van der Waals surface area contributed by atoms with Crippen molar-refractivity contribution < 1.29 is 9.53 Å². The maximum atomic E-state index is 11.2. The molecule has 1 heterocycles. The third kappa shape index (κ3) is 4.51. The molecule has 128 valence electrons. The normalized spacial score (nSPS) is 10.7. The summed E-state index contributed by atoms with van der Waals surface area (Å²) in [5.74, 6) is 0.644. The van der Waals surface area contributed by atoms with Crippen molar-refractivity contribution in [2.75, 3.05) is 11.3 Å². The van der Waals surface area contributed by atoms with Gasteiger partial charge in [-0.1, -0.05) is 23.8 Å². The molecule has 0 radical (unpaired) electrons. The lowest BCUT2D eigenvalue weighted by Crippen LogP contribution is -2.06. The quantitative estimate of drug-likeness (QED) is 0.637. The first kappa shape index (κ1) is 17.3. The van der Waals surface area contributed by atoms with Crippen molar-refractivity contribution in [1.29, 1.82) is 0 Å². The number of nitrogens with one attached hydrogen (secondary N) is 1. The smallest absolute Gasteiger partial charge is 0.167 e. The first-order valence-corrected chi connectivity index (χ1v) is 8.86. The zero-order chi connectivity index (χ0) is 17.8. The van der Waals surface area contributed by atoms with Crippen molar-refractivity contribution in [3.63, 3.8) is 0 Å². The minimum absolute atomic E-state index is 0.00864. The highest BCUT2D eigenvalue weighted by Gasteiger charge is 2.08. The number of fused-ring (bicyclic) bond motifs is 1. The molecule has 0 saturated heterocycles. The minimum atomic E-state index is -0.00864. The number of nitrogens with zero attached hydrogens (tertiary/aromatic N) is 1. The Morgan fingerprint density at radius 2 is 1.88 bits per heavy atom. The number of aromatic nitrogens is 1. The van der Waals surface area contributed by atoms with Gasteiger partial charge in [0, 0.05) is 22.0 Å². The Labute approximate surface area is 151 Å². The van der Waals surface area contributed by atoms with Crippen molar-refractivity contribution in [3.05, 3.63) is 59.8 Å². The van der Waals surface area contributed by atoms with Crippen molar-refractivity contribution in [2.45, 2.75) is 25.7 Å². The van der Waals surface area contributed by atoms with Crippen LogP contribution in [0.5, 0.6) is 5.75 Å². The van der Waals surface area contributed by atoms with Crippen LogP contribution < -0.4 is 9.46 Å². The van der Waals surface area contributed by atoms with Crippen LogP contribution in [-0.2, 0) is 4.79 Å². The number of Topliss-reactive ketones (excluding diaryl/α,β-unsaturated/α-hetero) is 1. The second-order valence-electron chi connectivity index (χ2n) is 6.00. The molecule has 3 aromatic rings. The van der Waals surface area contributed by atoms with Crippen molar-refractivity contribution in [2.24, 2.45) is 0 Å². The largest absolute Gasteiger partial charge is 0.486 e. The number of hydrogen-bond acceptors (Lipinski definition) is 5. The molecule has 0 fully saturated rings. The van der Waals surface area contributed by atoms with Gasteiger partial charge in [0.05, 0.1) is 11.2 Å². The van der Waals surface area contributed by atoms with E-state index in [-0.39, 0.29) is 12.4 Å². The van der Waals surface area contributed by atoms with E-state index < -0.39 is 0 Å². The summed E-state index contributed by atoms with van der Waals surface area (Å²) in [5.41, 5.74) is 3.93. The van der Waals surface area contributed by atoms with Gasteiger partial charge in [0.1, 0.15) is 12.4 Å². The fraction of sp³-hybridized carbons (Fsp3) is 0.200. The maximum Gasteiger partial charge on any atom is 0.167 e. The lowest BCUT2D eigenvalue weighted by atomic mass is 10.1. The van der Waals surface area contributed by atoms with Crippen molar-refractivity contribution in [1.82, 2.24) is 4.98 Å². The Bertz CT molecular complexity index is 907. The number of carbonyl (C=O) groups excluding carboxylic acids is 1. The molecule has 0 amide bonds. The standard InChI is InChI=1S/C20H20N2O2S/c1-13-4-8-18(9-5-13)25-22-19-11-17(24-12-15(3)23)10-16-7-6-14(2)21-20(16)19/h4-11,22H,12H2,1-3H3. The lowest BCUT2D eigenvalue weighted by molar-refractivity contribution is -0.118. The maximum absolute atomic E-state index is 11.2. The summed E-state index contributed by atoms with van der Waals surface area (Å²) in [6.07, 6.45) is 0. The molecular weight excluding hydrogens is 332 g/mol. The lowest BCUT2D eigenvalue weighted by Gasteiger charge is -2.12. The topological polar surface area (TPSA) is 51.2 Å². The van der Waals surface area contributed by atoms with Crippen LogP contribution in [0.15, 0.2) is 53.4 Å². The Kier molecular flexibility index (Phi) is 5.24. The van der Waals surface area contributed by atoms with Gasteiger partial charge in [-0.25, -0.2) is 0 Å². The molecule has 0 saturated carbocycles. The van der Waals surface area contributed by atoms with Gasteiger partial charge in [0.15, 0.2) is 5.78 Å². The number of hydrogen-bond donors (Lipinski definition) is 1. The van der Waals surface area contributed by atoms with Gasteiger partial charge in [0.25, 0.3) is 0 Å². The number of carbonyl (C=O) groups is 1. The van der Waals surface area contributed by atoms with Gasteiger partial charge < -0.3 is 9.46 Å². The van der Waals surface area contributed by atoms with E-state index in [4.69, 9.17) is 4.74 Å². The summed E-state index contributed by atoms with van der Waals surface area (Å²) in [4.78, 5) is 16.9. The third-order valence-electron chi connectivity index (χ3n) is 3.65. The molecular formula is C20H20N2O2S. The molecule has 2 aromatic carbocycles. The molecule has 0 aliphatic rings.